The molecule has 4 rings (SSSR count). The summed E-state index contributed by atoms with van der Waals surface area (Å²) >= 11 is 0. The summed E-state index contributed by atoms with van der Waals surface area (Å²) in [5.41, 5.74) is 9.39. The minimum Gasteiger partial charge on any atom is -0.508 e. The van der Waals surface area contributed by atoms with Gasteiger partial charge in [0.25, 0.3) is 5.91 Å². The number of phenolic OH excluding ortho intramolecular Hbond substituents is 1. The van der Waals surface area contributed by atoms with Crippen LogP contribution in [-0.2, 0) is 13.0 Å². The molecule has 1 aromatic heterocycles. The first kappa shape index (κ1) is 13.6. The Morgan fingerprint density at radius 3 is 2.96 bits per heavy atom. The van der Waals surface area contributed by atoms with Crippen LogP contribution in [0.3, 0.4) is 0 Å². The Bertz CT molecular complexity index is 916. The monoisotopic (exact) mass is 308 g/mol. The number of rotatable bonds is 1. The van der Waals surface area contributed by atoms with Gasteiger partial charge in [0.15, 0.2) is 5.82 Å². The zero-order valence-corrected chi connectivity index (χ0v) is 12.4. The number of amides is 1. The number of anilines is 1. The average Bonchev–Trinajstić information content (AvgIpc) is 2.94. The van der Waals surface area contributed by atoms with E-state index >= 15 is 0 Å². The first-order valence-electron chi connectivity index (χ1n) is 7.45. The van der Waals surface area contributed by atoms with Gasteiger partial charge in [0.2, 0.25) is 0 Å². The van der Waals surface area contributed by atoms with Crippen molar-refractivity contribution >= 4 is 22.6 Å². The van der Waals surface area contributed by atoms with Crippen molar-refractivity contribution in [3.63, 3.8) is 0 Å². The number of H-pyrrole nitrogens is 1. The van der Waals surface area contributed by atoms with Crippen LogP contribution in [0.2, 0.25) is 0 Å². The lowest BCUT2D eigenvalue weighted by Gasteiger charge is -2.29. The zero-order valence-electron chi connectivity index (χ0n) is 12.4. The van der Waals surface area contributed by atoms with Gasteiger partial charge in [-0.05, 0) is 47.9 Å². The van der Waals surface area contributed by atoms with Crippen molar-refractivity contribution < 1.29 is 9.90 Å². The number of phenols is 1. The first-order chi connectivity index (χ1) is 11.1. The molecule has 2 heterocycles. The molecule has 6 heteroatoms. The molecule has 0 atom stereocenters. The number of nitrogens with zero attached hydrogens (tertiary/aromatic N) is 2. The zero-order chi connectivity index (χ0) is 16.0. The molecule has 0 spiro atoms. The Morgan fingerprint density at radius 1 is 1.22 bits per heavy atom. The highest BCUT2D eigenvalue weighted by atomic mass is 16.3. The largest absolute Gasteiger partial charge is 0.508 e. The SMILES string of the molecule is Nc1n[nH]c2ccc(C(=O)N3CCc4ccc(O)cc4C3)cc12. The molecule has 0 radical (unpaired) electrons. The van der Waals surface area contributed by atoms with Gasteiger partial charge < -0.3 is 15.7 Å². The summed E-state index contributed by atoms with van der Waals surface area (Å²) < 4.78 is 0. The molecule has 1 aliphatic heterocycles. The van der Waals surface area contributed by atoms with Crippen molar-refractivity contribution in [1.29, 1.82) is 0 Å². The van der Waals surface area contributed by atoms with Crippen LogP contribution in [0.5, 0.6) is 5.75 Å². The maximum absolute atomic E-state index is 12.8. The van der Waals surface area contributed by atoms with E-state index in [0.29, 0.717) is 24.5 Å². The molecule has 0 aliphatic carbocycles. The Balaban J connectivity index is 1.64. The second-order valence-electron chi connectivity index (χ2n) is 5.80. The lowest BCUT2D eigenvalue weighted by atomic mass is 9.98. The Hall–Kier alpha value is -3.02. The molecule has 2 aromatic carbocycles. The standard InChI is InChI=1S/C17H16N4O2/c18-16-14-8-11(2-4-15(14)19-20-16)17(23)21-6-5-10-1-3-13(22)7-12(10)9-21/h1-4,7-8,22H,5-6,9H2,(H3,18,19,20). The van der Waals surface area contributed by atoms with E-state index in [2.05, 4.69) is 10.2 Å². The molecule has 0 saturated carbocycles. The van der Waals surface area contributed by atoms with E-state index in [1.54, 1.807) is 29.2 Å². The number of hydrogen-bond donors (Lipinski definition) is 3. The van der Waals surface area contributed by atoms with Crippen molar-refractivity contribution in [3.8, 4) is 5.75 Å². The van der Waals surface area contributed by atoms with Crippen LogP contribution < -0.4 is 5.73 Å². The molecule has 1 amide bonds. The summed E-state index contributed by atoms with van der Waals surface area (Å²) in [7, 11) is 0. The van der Waals surface area contributed by atoms with Crippen LogP contribution >= 0.6 is 0 Å². The van der Waals surface area contributed by atoms with Gasteiger partial charge in [-0.3, -0.25) is 9.89 Å². The fraction of sp³-hybridized carbons (Fsp3) is 0.176. The molecule has 23 heavy (non-hydrogen) atoms. The van der Waals surface area contributed by atoms with Crippen LogP contribution in [0.1, 0.15) is 21.5 Å². The number of carbonyl (C=O) groups excluding carboxylic acids is 1. The number of carbonyl (C=O) groups is 1. The smallest absolute Gasteiger partial charge is 0.254 e. The quantitative estimate of drug-likeness (QED) is 0.641. The third-order valence-electron chi connectivity index (χ3n) is 4.33. The summed E-state index contributed by atoms with van der Waals surface area (Å²) in [6.07, 6.45) is 0.789. The van der Waals surface area contributed by atoms with E-state index in [1.165, 1.54) is 5.56 Å². The number of nitrogens with one attached hydrogen (secondary N) is 1. The Morgan fingerprint density at radius 2 is 2.09 bits per heavy atom. The molecule has 6 nitrogen and oxygen atoms in total. The highest BCUT2D eigenvalue weighted by Crippen LogP contribution is 2.25. The summed E-state index contributed by atoms with van der Waals surface area (Å²) in [5, 5.41) is 17.2. The van der Waals surface area contributed by atoms with E-state index in [9.17, 15) is 9.90 Å². The van der Waals surface area contributed by atoms with Crippen molar-refractivity contribution in [2.75, 3.05) is 12.3 Å². The maximum Gasteiger partial charge on any atom is 0.254 e. The van der Waals surface area contributed by atoms with E-state index < -0.39 is 0 Å². The molecule has 0 bridgehead atoms. The van der Waals surface area contributed by atoms with Crippen LogP contribution in [0.4, 0.5) is 5.82 Å². The molecule has 1 aliphatic rings. The van der Waals surface area contributed by atoms with Gasteiger partial charge in [-0.1, -0.05) is 6.07 Å². The molecule has 3 aromatic rings. The fourth-order valence-corrected chi connectivity index (χ4v) is 3.07. The van der Waals surface area contributed by atoms with E-state index in [4.69, 9.17) is 5.73 Å². The summed E-state index contributed by atoms with van der Waals surface area (Å²) in [6.45, 7) is 1.16. The second-order valence-corrected chi connectivity index (χ2v) is 5.80. The lowest BCUT2D eigenvalue weighted by Crippen LogP contribution is -2.35. The first-order valence-corrected chi connectivity index (χ1v) is 7.45. The van der Waals surface area contributed by atoms with Gasteiger partial charge in [0.05, 0.1) is 5.52 Å². The van der Waals surface area contributed by atoms with Crippen LogP contribution in [0.15, 0.2) is 36.4 Å². The number of nitrogens with two attached hydrogens (primary N) is 1. The lowest BCUT2D eigenvalue weighted by molar-refractivity contribution is 0.0734. The Labute approximate surface area is 132 Å². The molecule has 0 fully saturated rings. The highest BCUT2D eigenvalue weighted by molar-refractivity contribution is 6.00. The number of aromatic hydroxyl groups is 1. The molecule has 0 saturated heterocycles. The predicted molar refractivity (Wildman–Crippen MR) is 87.1 cm³/mol. The number of aromatic nitrogens is 2. The minimum atomic E-state index is -0.0403. The normalized spacial score (nSPS) is 14.0. The van der Waals surface area contributed by atoms with E-state index in [0.717, 1.165) is 22.9 Å². The van der Waals surface area contributed by atoms with Gasteiger partial charge >= 0.3 is 0 Å². The maximum atomic E-state index is 12.8. The summed E-state index contributed by atoms with van der Waals surface area (Å²) in [6, 6.07) is 10.7. The third kappa shape index (κ3) is 2.28. The number of hydrogen-bond acceptors (Lipinski definition) is 4. The van der Waals surface area contributed by atoms with Crippen LogP contribution in [-0.4, -0.2) is 32.7 Å². The topological polar surface area (TPSA) is 95.2 Å². The minimum absolute atomic E-state index is 0.0403. The number of benzene rings is 2. The predicted octanol–water partition coefficient (Wildman–Crippen LogP) is 2.05. The van der Waals surface area contributed by atoms with Crippen molar-refractivity contribution in [3.05, 3.63) is 53.1 Å². The Kier molecular flexibility index (Phi) is 2.97. The summed E-state index contributed by atoms with van der Waals surface area (Å²) in [4.78, 5) is 14.6. The summed E-state index contributed by atoms with van der Waals surface area (Å²) in [5.74, 6) is 0.579. The third-order valence-corrected chi connectivity index (χ3v) is 4.33. The van der Waals surface area contributed by atoms with Crippen molar-refractivity contribution in [2.45, 2.75) is 13.0 Å². The fourth-order valence-electron chi connectivity index (χ4n) is 3.07. The van der Waals surface area contributed by atoms with Gasteiger partial charge in [-0.15, -0.1) is 0 Å². The molecular formula is C17H16N4O2. The van der Waals surface area contributed by atoms with Gasteiger partial charge in [0.1, 0.15) is 5.75 Å². The molecule has 116 valence electrons. The van der Waals surface area contributed by atoms with Crippen LogP contribution in [0, 0.1) is 0 Å². The van der Waals surface area contributed by atoms with E-state index in [-0.39, 0.29) is 11.7 Å². The number of aromatic amines is 1. The van der Waals surface area contributed by atoms with Gasteiger partial charge in [-0.25, -0.2) is 0 Å². The van der Waals surface area contributed by atoms with Crippen molar-refractivity contribution in [1.82, 2.24) is 15.1 Å². The number of fused-ring (bicyclic) bond motifs is 2. The van der Waals surface area contributed by atoms with Gasteiger partial charge in [-0.2, -0.15) is 5.10 Å². The van der Waals surface area contributed by atoms with Crippen molar-refractivity contribution in [2.24, 2.45) is 0 Å². The molecule has 0 unspecified atom stereocenters. The average molecular weight is 308 g/mol. The van der Waals surface area contributed by atoms with E-state index in [1.807, 2.05) is 12.1 Å². The highest BCUT2D eigenvalue weighted by Gasteiger charge is 2.22. The number of nitrogen functional groups attached to an aromatic ring is 1. The van der Waals surface area contributed by atoms with Gasteiger partial charge in [0, 0.05) is 24.0 Å². The molecular weight excluding hydrogens is 292 g/mol. The second kappa shape index (κ2) is 5.01. The van der Waals surface area contributed by atoms with Crippen LogP contribution in [0.25, 0.3) is 10.9 Å². The molecule has 4 N–H and O–H groups in total.